The lowest BCUT2D eigenvalue weighted by molar-refractivity contribution is -0.137. The van der Waals surface area contributed by atoms with Crippen molar-refractivity contribution in [2.24, 2.45) is 0 Å². The Bertz CT molecular complexity index is 1210. The van der Waals surface area contributed by atoms with Gasteiger partial charge in [-0.2, -0.15) is 18.4 Å². The first-order valence-corrected chi connectivity index (χ1v) is 10.00. The van der Waals surface area contributed by atoms with Gasteiger partial charge in [-0.15, -0.1) is 0 Å². The maximum atomic E-state index is 13.0. The van der Waals surface area contributed by atoms with Crippen LogP contribution in [0.1, 0.15) is 34.3 Å². The molecule has 32 heavy (non-hydrogen) atoms. The number of carbonyl (C=O) groups excluding carboxylic acids is 1. The number of aromatic nitrogens is 1. The molecule has 0 unspecified atom stereocenters. The van der Waals surface area contributed by atoms with Gasteiger partial charge in [-0.1, -0.05) is 12.1 Å². The van der Waals surface area contributed by atoms with Gasteiger partial charge in [0.25, 0.3) is 5.91 Å². The van der Waals surface area contributed by atoms with E-state index in [0.29, 0.717) is 11.4 Å². The minimum Gasteiger partial charge on any atom is -0.322 e. The Kier molecular flexibility index (Phi) is 5.57. The second-order valence-corrected chi connectivity index (χ2v) is 7.70. The molecule has 1 aromatic heterocycles. The highest BCUT2D eigenvalue weighted by atomic mass is 19.4. The second kappa shape index (κ2) is 8.35. The Morgan fingerprint density at radius 3 is 2.62 bits per heavy atom. The minimum absolute atomic E-state index is 0.0836. The van der Waals surface area contributed by atoms with Crippen LogP contribution in [-0.4, -0.2) is 16.9 Å². The van der Waals surface area contributed by atoms with Crippen LogP contribution in [0.4, 0.5) is 24.5 Å². The third-order valence-electron chi connectivity index (χ3n) is 5.28. The van der Waals surface area contributed by atoms with Crippen LogP contribution in [0.5, 0.6) is 0 Å². The van der Waals surface area contributed by atoms with Crippen molar-refractivity contribution in [3.63, 3.8) is 0 Å². The van der Waals surface area contributed by atoms with E-state index in [0.717, 1.165) is 41.7 Å². The van der Waals surface area contributed by atoms with Crippen molar-refractivity contribution in [3.8, 4) is 17.3 Å². The van der Waals surface area contributed by atoms with Gasteiger partial charge in [-0.25, -0.2) is 0 Å². The summed E-state index contributed by atoms with van der Waals surface area (Å²) in [6.07, 6.45) is 2.92. The Balaban J connectivity index is 1.60. The highest BCUT2D eigenvalue weighted by Gasteiger charge is 2.31. The van der Waals surface area contributed by atoms with Crippen molar-refractivity contribution in [1.29, 1.82) is 5.26 Å². The average molecular weight is 436 g/mol. The van der Waals surface area contributed by atoms with Crippen LogP contribution in [0.2, 0.25) is 0 Å². The standard InChI is InChI=1S/C24H19F3N4O/c1-15-5-6-19(30-23(32)16-3-2-4-18(9-16)24(25,26)27)11-22(15)17-10-21(13-29-12-17)31(14-28)20-7-8-20/h2-6,9-13,20H,7-8H2,1H3,(H,30,32). The molecule has 2 aromatic carbocycles. The van der Waals surface area contributed by atoms with Gasteiger partial charge >= 0.3 is 6.18 Å². The second-order valence-electron chi connectivity index (χ2n) is 7.70. The van der Waals surface area contributed by atoms with E-state index in [9.17, 15) is 23.2 Å². The highest BCUT2D eigenvalue weighted by Crippen LogP contribution is 2.34. The summed E-state index contributed by atoms with van der Waals surface area (Å²) in [4.78, 5) is 18.5. The Morgan fingerprint density at radius 2 is 1.94 bits per heavy atom. The van der Waals surface area contributed by atoms with Gasteiger partial charge in [0, 0.05) is 29.1 Å². The summed E-state index contributed by atoms with van der Waals surface area (Å²) in [7, 11) is 0. The molecule has 1 amide bonds. The number of halogens is 3. The first-order valence-electron chi connectivity index (χ1n) is 10.00. The third-order valence-corrected chi connectivity index (χ3v) is 5.28. The van der Waals surface area contributed by atoms with Crippen LogP contribution < -0.4 is 10.2 Å². The number of pyridine rings is 1. The number of aryl methyl sites for hydroxylation is 1. The van der Waals surface area contributed by atoms with Gasteiger partial charge in [0.05, 0.1) is 17.4 Å². The normalized spacial score (nSPS) is 13.3. The minimum atomic E-state index is -4.52. The molecule has 0 radical (unpaired) electrons. The van der Waals surface area contributed by atoms with Gasteiger partial charge in [-0.05, 0) is 67.3 Å². The molecule has 1 aliphatic carbocycles. The molecule has 0 saturated heterocycles. The number of nitrogens with zero attached hydrogens (tertiary/aromatic N) is 3. The number of nitrogens with one attached hydrogen (secondary N) is 1. The van der Waals surface area contributed by atoms with Crippen LogP contribution in [-0.2, 0) is 6.18 Å². The fourth-order valence-corrected chi connectivity index (χ4v) is 3.44. The molecular weight excluding hydrogens is 417 g/mol. The molecule has 8 heteroatoms. The molecule has 0 bridgehead atoms. The van der Waals surface area contributed by atoms with Crippen LogP contribution in [0.15, 0.2) is 60.9 Å². The quantitative estimate of drug-likeness (QED) is 0.407. The van der Waals surface area contributed by atoms with Gasteiger partial charge in [0.15, 0.2) is 6.19 Å². The number of nitriles is 1. The first-order chi connectivity index (χ1) is 15.3. The summed E-state index contributed by atoms with van der Waals surface area (Å²) in [6.45, 7) is 1.91. The van der Waals surface area contributed by atoms with Gasteiger partial charge < -0.3 is 5.32 Å². The summed E-state index contributed by atoms with van der Waals surface area (Å²) in [6, 6.07) is 11.6. The zero-order valence-electron chi connectivity index (χ0n) is 17.1. The molecule has 1 saturated carbocycles. The predicted octanol–water partition coefficient (Wildman–Crippen LogP) is 5.78. The van der Waals surface area contributed by atoms with Crippen LogP contribution >= 0.6 is 0 Å². The van der Waals surface area contributed by atoms with E-state index in [1.54, 1.807) is 29.4 Å². The lowest BCUT2D eigenvalue weighted by Gasteiger charge is -2.16. The van der Waals surface area contributed by atoms with Crippen molar-refractivity contribution < 1.29 is 18.0 Å². The molecule has 5 nitrogen and oxygen atoms in total. The maximum Gasteiger partial charge on any atom is 0.416 e. The molecule has 1 N–H and O–H groups in total. The van der Waals surface area contributed by atoms with Crippen molar-refractivity contribution in [3.05, 3.63) is 77.6 Å². The molecule has 1 fully saturated rings. The fourth-order valence-electron chi connectivity index (χ4n) is 3.44. The topological polar surface area (TPSA) is 69.0 Å². The number of amides is 1. The molecule has 0 atom stereocenters. The zero-order chi connectivity index (χ0) is 22.9. The summed E-state index contributed by atoms with van der Waals surface area (Å²) in [5.74, 6) is -0.637. The largest absolute Gasteiger partial charge is 0.416 e. The Morgan fingerprint density at radius 1 is 1.16 bits per heavy atom. The summed E-state index contributed by atoms with van der Waals surface area (Å²) < 4.78 is 38.9. The SMILES string of the molecule is Cc1ccc(NC(=O)c2cccc(C(F)(F)F)c2)cc1-c1cncc(N(C#N)C2CC2)c1. The highest BCUT2D eigenvalue weighted by molar-refractivity contribution is 6.04. The van der Waals surface area contributed by atoms with Crippen molar-refractivity contribution >= 4 is 17.3 Å². The van der Waals surface area contributed by atoms with E-state index in [2.05, 4.69) is 16.5 Å². The molecular formula is C24H19F3N4O. The smallest absolute Gasteiger partial charge is 0.322 e. The summed E-state index contributed by atoms with van der Waals surface area (Å²) >= 11 is 0. The van der Waals surface area contributed by atoms with Crippen LogP contribution in [0, 0.1) is 18.4 Å². The molecule has 4 rings (SSSR count). The van der Waals surface area contributed by atoms with Gasteiger partial charge in [0.2, 0.25) is 0 Å². The van der Waals surface area contributed by atoms with E-state index in [-0.39, 0.29) is 11.6 Å². The number of benzene rings is 2. The Hall–Kier alpha value is -3.86. The van der Waals surface area contributed by atoms with Crippen LogP contribution in [0.3, 0.4) is 0 Å². The number of rotatable bonds is 5. The lowest BCUT2D eigenvalue weighted by atomic mass is 10.0. The predicted molar refractivity (Wildman–Crippen MR) is 115 cm³/mol. The Labute approximate surface area is 183 Å². The monoisotopic (exact) mass is 436 g/mol. The zero-order valence-corrected chi connectivity index (χ0v) is 17.1. The first kappa shape index (κ1) is 21.4. The van der Waals surface area contributed by atoms with E-state index >= 15 is 0 Å². The molecule has 3 aromatic rings. The van der Waals surface area contributed by atoms with E-state index in [4.69, 9.17) is 0 Å². The van der Waals surface area contributed by atoms with Gasteiger partial charge in [-0.3, -0.25) is 14.7 Å². The van der Waals surface area contributed by atoms with Crippen molar-refractivity contribution in [2.45, 2.75) is 32.0 Å². The fraction of sp³-hybridized carbons (Fsp3) is 0.208. The molecule has 0 spiro atoms. The lowest BCUT2D eigenvalue weighted by Crippen LogP contribution is -2.18. The van der Waals surface area contributed by atoms with Gasteiger partial charge in [0.1, 0.15) is 0 Å². The molecule has 0 aliphatic heterocycles. The van der Waals surface area contributed by atoms with Crippen molar-refractivity contribution in [2.75, 3.05) is 10.2 Å². The number of hydrogen-bond acceptors (Lipinski definition) is 4. The maximum absolute atomic E-state index is 13.0. The number of alkyl halides is 3. The number of carbonyl (C=O) groups is 1. The molecule has 1 aliphatic rings. The number of hydrogen-bond donors (Lipinski definition) is 1. The van der Waals surface area contributed by atoms with E-state index in [1.165, 1.54) is 12.1 Å². The summed E-state index contributed by atoms with van der Waals surface area (Å²) in [5.41, 5.74) is 2.68. The summed E-state index contributed by atoms with van der Waals surface area (Å²) in [5, 5.41) is 12.1. The average Bonchev–Trinajstić information content (AvgIpc) is 3.60. The third kappa shape index (κ3) is 4.57. The van der Waals surface area contributed by atoms with E-state index in [1.807, 2.05) is 19.1 Å². The molecule has 162 valence electrons. The number of anilines is 2. The van der Waals surface area contributed by atoms with E-state index < -0.39 is 17.6 Å². The molecule has 1 heterocycles. The van der Waals surface area contributed by atoms with Crippen LogP contribution in [0.25, 0.3) is 11.1 Å². The van der Waals surface area contributed by atoms with Crippen molar-refractivity contribution in [1.82, 2.24) is 4.98 Å².